The molecule has 1 atom stereocenters. The minimum absolute atomic E-state index is 0.153. The molecule has 22 heavy (non-hydrogen) atoms. The Kier molecular flexibility index (Phi) is 6.22. The lowest BCUT2D eigenvalue weighted by molar-refractivity contribution is 0.267. The summed E-state index contributed by atoms with van der Waals surface area (Å²) in [6.07, 6.45) is 0.766. The number of benzene rings is 2. The zero-order valence-corrected chi connectivity index (χ0v) is 12.8. The third-order valence-corrected chi connectivity index (χ3v) is 3.50. The summed E-state index contributed by atoms with van der Waals surface area (Å²) in [5, 5.41) is 0. The second-order valence-corrected chi connectivity index (χ2v) is 5.00. The maximum Gasteiger partial charge on any atom is 0.161 e. The van der Waals surface area contributed by atoms with Crippen LogP contribution in [0.2, 0.25) is 0 Å². The van der Waals surface area contributed by atoms with Crippen LogP contribution in [-0.4, -0.2) is 19.8 Å². The van der Waals surface area contributed by atoms with Gasteiger partial charge in [-0.3, -0.25) is 0 Å². The third-order valence-electron chi connectivity index (χ3n) is 3.50. The van der Waals surface area contributed by atoms with E-state index < -0.39 is 0 Å². The molecular formula is C18H22FNO2. The molecular weight excluding hydrogens is 281 g/mol. The van der Waals surface area contributed by atoms with E-state index in [-0.39, 0.29) is 11.7 Å². The van der Waals surface area contributed by atoms with Gasteiger partial charge >= 0.3 is 0 Å². The molecule has 0 aromatic heterocycles. The first-order chi connectivity index (χ1) is 10.7. The second kappa shape index (κ2) is 8.39. The Hall–Kier alpha value is -2.07. The first-order valence-electron chi connectivity index (χ1n) is 7.54. The first-order valence-corrected chi connectivity index (χ1v) is 7.54. The number of ether oxygens (including phenoxy) is 2. The van der Waals surface area contributed by atoms with E-state index in [9.17, 15) is 4.39 Å². The van der Waals surface area contributed by atoms with Crippen LogP contribution in [-0.2, 0) is 0 Å². The van der Waals surface area contributed by atoms with Crippen molar-refractivity contribution in [2.45, 2.75) is 19.3 Å². The van der Waals surface area contributed by atoms with Crippen molar-refractivity contribution in [1.82, 2.24) is 0 Å². The van der Waals surface area contributed by atoms with Gasteiger partial charge in [0.15, 0.2) is 11.5 Å². The topological polar surface area (TPSA) is 44.5 Å². The summed E-state index contributed by atoms with van der Waals surface area (Å²) in [5.41, 5.74) is 6.86. The lowest BCUT2D eigenvalue weighted by Crippen LogP contribution is -2.15. The molecule has 0 aliphatic rings. The van der Waals surface area contributed by atoms with Crippen LogP contribution in [0.25, 0.3) is 0 Å². The number of rotatable bonds is 8. The Morgan fingerprint density at radius 3 is 2.23 bits per heavy atom. The molecule has 0 saturated carbocycles. The average Bonchev–Trinajstić information content (AvgIpc) is 2.54. The van der Waals surface area contributed by atoms with Crippen molar-refractivity contribution in [3.63, 3.8) is 0 Å². The molecule has 2 aromatic rings. The largest absolute Gasteiger partial charge is 0.490 e. The minimum atomic E-state index is -0.235. The summed E-state index contributed by atoms with van der Waals surface area (Å²) in [6, 6.07) is 14.1. The Morgan fingerprint density at radius 2 is 1.64 bits per heavy atom. The summed E-state index contributed by atoms with van der Waals surface area (Å²) in [6.45, 7) is 3.57. The number of hydrogen-bond donors (Lipinski definition) is 1. The molecule has 0 aliphatic heterocycles. The van der Waals surface area contributed by atoms with Gasteiger partial charge in [0.05, 0.1) is 13.2 Å². The summed E-state index contributed by atoms with van der Waals surface area (Å²) < 4.78 is 24.3. The molecule has 2 aromatic carbocycles. The fraction of sp³-hybridized carbons (Fsp3) is 0.333. The fourth-order valence-electron chi connectivity index (χ4n) is 2.31. The molecule has 2 rings (SSSR count). The quantitative estimate of drug-likeness (QED) is 0.808. The molecule has 2 N–H and O–H groups in total. The molecule has 0 spiro atoms. The van der Waals surface area contributed by atoms with Gasteiger partial charge in [0.1, 0.15) is 5.82 Å². The molecule has 0 radical (unpaired) electrons. The van der Waals surface area contributed by atoms with Crippen molar-refractivity contribution in [3.8, 4) is 11.5 Å². The summed E-state index contributed by atoms with van der Waals surface area (Å²) >= 11 is 0. The van der Waals surface area contributed by atoms with Gasteiger partial charge in [-0.15, -0.1) is 0 Å². The molecule has 0 amide bonds. The van der Waals surface area contributed by atoms with Crippen LogP contribution in [0, 0.1) is 5.82 Å². The Morgan fingerprint density at radius 1 is 1.00 bits per heavy atom. The molecule has 0 aliphatic carbocycles. The number of nitrogens with two attached hydrogens (primary N) is 1. The van der Waals surface area contributed by atoms with E-state index in [0.29, 0.717) is 19.8 Å². The van der Waals surface area contributed by atoms with Gasteiger partial charge < -0.3 is 15.2 Å². The molecule has 1 unspecified atom stereocenters. The Labute approximate surface area is 130 Å². The molecule has 0 saturated heterocycles. The number of para-hydroxylation sites is 2. The van der Waals surface area contributed by atoms with E-state index in [1.165, 1.54) is 12.1 Å². The van der Waals surface area contributed by atoms with Gasteiger partial charge in [0.2, 0.25) is 0 Å². The van der Waals surface area contributed by atoms with Crippen LogP contribution in [0.4, 0.5) is 4.39 Å². The average molecular weight is 303 g/mol. The van der Waals surface area contributed by atoms with Crippen molar-refractivity contribution >= 4 is 0 Å². The smallest absolute Gasteiger partial charge is 0.161 e. The highest BCUT2D eigenvalue weighted by Gasteiger charge is 2.11. The number of hydrogen-bond acceptors (Lipinski definition) is 3. The van der Waals surface area contributed by atoms with Crippen LogP contribution in [0.5, 0.6) is 11.5 Å². The van der Waals surface area contributed by atoms with Gasteiger partial charge in [-0.1, -0.05) is 24.3 Å². The van der Waals surface area contributed by atoms with Crippen LogP contribution >= 0.6 is 0 Å². The standard InChI is InChI=1S/C18H22FNO2/c1-2-21-17-5-3-4-6-18(17)22-12-11-15(13-20)14-7-9-16(19)10-8-14/h3-10,15H,2,11-13,20H2,1H3. The van der Waals surface area contributed by atoms with Crippen molar-refractivity contribution in [2.24, 2.45) is 5.73 Å². The Bertz CT molecular complexity index is 572. The van der Waals surface area contributed by atoms with E-state index in [0.717, 1.165) is 23.5 Å². The zero-order valence-electron chi connectivity index (χ0n) is 12.8. The molecule has 0 fully saturated rings. The van der Waals surface area contributed by atoms with Crippen LogP contribution < -0.4 is 15.2 Å². The Balaban J connectivity index is 1.93. The lowest BCUT2D eigenvalue weighted by atomic mass is 9.96. The van der Waals surface area contributed by atoms with E-state index in [1.807, 2.05) is 31.2 Å². The van der Waals surface area contributed by atoms with E-state index in [1.54, 1.807) is 12.1 Å². The zero-order chi connectivity index (χ0) is 15.8. The third kappa shape index (κ3) is 4.46. The van der Waals surface area contributed by atoms with Crippen LogP contribution in [0.3, 0.4) is 0 Å². The molecule has 4 heteroatoms. The summed E-state index contributed by atoms with van der Waals surface area (Å²) in [4.78, 5) is 0. The van der Waals surface area contributed by atoms with Gasteiger partial charge in [0, 0.05) is 0 Å². The van der Waals surface area contributed by atoms with Gasteiger partial charge in [-0.2, -0.15) is 0 Å². The van der Waals surface area contributed by atoms with E-state index in [2.05, 4.69) is 0 Å². The highest BCUT2D eigenvalue weighted by Crippen LogP contribution is 2.27. The summed E-state index contributed by atoms with van der Waals surface area (Å²) in [7, 11) is 0. The minimum Gasteiger partial charge on any atom is -0.490 e. The highest BCUT2D eigenvalue weighted by molar-refractivity contribution is 5.39. The second-order valence-electron chi connectivity index (χ2n) is 5.00. The van der Waals surface area contributed by atoms with Crippen LogP contribution in [0.1, 0.15) is 24.8 Å². The van der Waals surface area contributed by atoms with E-state index in [4.69, 9.17) is 15.2 Å². The van der Waals surface area contributed by atoms with Crippen molar-refractivity contribution < 1.29 is 13.9 Å². The van der Waals surface area contributed by atoms with Crippen molar-refractivity contribution in [2.75, 3.05) is 19.8 Å². The molecule has 118 valence electrons. The predicted molar refractivity (Wildman–Crippen MR) is 85.9 cm³/mol. The first kappa shape index (κ1) is 16.3. The SMILES string of the molecule is CCOc1ccccc1OCCC(CN)c1ccc(F)cc1. The maximum atomic E-state index is 13.0. The monoisotopic (exact) mass is 303 g/mol. The van der Waals surface area contributed by atoms with Gasteiger partial charge in [0.25, 0.3) is 0 Å². The normalized spacial score (nSPS) is 12.0. The lowest BCUT2D eigenvalue weighted by Gasteiger charge is -2.17. The van der Waals surface area contributed by atoms with Gasteiger partial charge in [-0.05, 0) is 55.6 Å². The maximum absolute atomic E-state index is 13.0. The molecule has 3 nitrogen and oxygen atoms in total. The number of halogens is 1. The van der Waals surface area contributed by atoms with Crippen molar-refractivity contribution in [3.05, 3.63) is 59.9 Å². The van der Waals surface area contributed by atoms with Crippen LogP contribution in [0.15, 0.2) is 48.5 Å². The predicted octanol–water partition coefficient (Wildman–Crippen LogP) is 3.74. The molecule has 0 bridgehead atoms. The van der Waals surface area contributed by atoms with E-state index >= 15 is 0 Å². The fourth-order valence-corrected chi connectivity index (χ4v) is 2.31. The summed E-state index contributed by atoms with van der Waals surface area (Å²) in [5.74, 6) is 1.40. The van der Waals surface area contributed by atoms with Crippen molar-refractivity contribution in [1.29, 1.82) is 0 Å². The molecule has 0 heterocycles. The highest BCUT2D eigenvalue weighted by atomic mass is 19.1. The van der Waals surface area contributed by atoms with Gasteiger partial charge in [-0.25, -0.2) is 4.39 Å².